The van der Waals surface area contributed by atoms with E-state index in [0.717, 1.165) is 11.6 Å². The third-order valence-corrected chi connectivity index (χ3v) is 4.00. The second-order valence-corrected chi connectivity index (χ2v) is 5.76. The van der Waals surface area contributed by atoms with Gasteiger partial charge in [0, 0.05) is 5.56 Å². The van der Waals surface area contributed by atoms with E-state index >= 15 is 0 Å². The van der Waals surface area contributed by atoms with Crippen molar-refractivity contribution in [3.05, 3.63) is 65.9 Å². The van der Waals surface area contributed by atoms with E-state index in [1.165, 1.54) is 11.8 Å². The van der Waals surface area contributed by atoms with Crippen LogP contribution in [0.1, 0.15) is 11.3 Å². The summed E-state index contributed by atoms with van der Waals surface area (Å²) in [6.07, 6.45) is -3.81. The summed E-state index contributed by atoms with van der Waals surface area (Å²) in [5, 5.41) is 3.77. The Labute approximate surface area is 161 Å². The summed E-state index contributed by atoms with van der Waals surface area (Å²) in [4.78, 5) is 0. The van der Waals surface area contributed by atoms with Crippen LogP contribution in [0.25, 0.3) is 16.9 Å². The van der Waals surface area contributed by atoms with Gasteiger partial charge in [-0.05, 0) is 48.9 Å². The van der Waals surface area contributed by atoms with Crippen LogP contribution in [0.4, 0.5) is 13.2 Å². The van der Waals surface area contributed by atoms with Gasteiger partial charge in [-0.2, -0.15) is 18.3 Å². The van der Waals surface area contributed by atoms with Gasteiger partial charge in [-0.25, -0.2) is 4.68 Å². The topological polar surface area (TPSA) is 53.1 Å². The standard InChI is InChI=1S/C19H18F3N3O.ClH/c1-26-16-8-6-15(7-9-16)25-17(12-18(24-25)19(20,21)22)14-4-2-13(3-5-14)10-11-23;/h2-9,12H,10-11,23H2,1H3;1H. The van der Waals surface area contributed by atoms with Crippen molar-refractivity contribution in [2.75, 3.05) is 13.7 Å². The van der Waals surface area contributed by atoms with Crippen LogP contribution >= 0.6 is 12.4 Å². The SMILES string of the molecule is COc1ccc(-n2nc(C(F)(F)F)cc2-c2ccc(CCN)cc2)cc1.Cl. The predicted molar refractivity (Wildman–Crippen MR) is 101 cm³/mol. The zero-order chi connectivity index (χ0) is 18.7. The van der Waals surface area contributed by atoms with Gasteiger partial charge >= 0.3 is 6.18 Å². The number of benzene rings is 2. The molecule has 2 N–H and O–H groups in total. The molecule has 1 aromatic heterocycles. The highest BCUT2D eigenvalue weighted by molar-refractivity contribution is 5.85. The minimum Gasteiger partial charge on any atom is -0.497 e. The van der Waals surface area contributed by atoms with E-state index in [0.29, 0.717) is 35.7 Å². The molecule has 4 nitrogen and oxygen atoms in total. The monoisotopic (exact) mass is 397 g/mol. The minimum atomic E-state index is -4.52. The Morgan fingerprint density at radius 1 is 1.04 bits per heavy atom. The van der Waals surface area contributed by atoms with Gasteiger partial charge in [0.15, 0.2) is 5.69 Å². The highest BCUT2D eigenvalue weighted by atomic mass is 35.5. The van der Waals surface area contributed by atoms with Crippen LogP contribution in [0.5, 0.6) is 5.75 Å². The number of alkyl halides is 3. The van der Waals surface area contributed by atoms with E-state index in [1.807, 2.05) is 12.1 Å². The van der Waals surface area contributed by atoms with Crippen LogP contribution < -0.4 is 10.5 Å². The molecule has 3 aromatic rings. The molecular weight excluding hydrogens is 379 g/mol. The number of hydrogen-bond acceptors (Lipinski definition) is 3. The molecule has 2 aromatic carbocycles. The number of halogens is 4. The van der Waals surface area contributed by atoms with Gasteiger partial charge in [0.05, 0.1) is 18.5 Å². The minimum absolute atomic E-state index is 0. The number of nitrogens with two attached hydrogens (primary N) is 1. The van der Waals surface area contributed by atoms with Gasteiger partial charge in [0.1, 0.15) is 5.75 Å². The predicted octanol–water partition coefficient (Wildman–Crippen LogP) is 4.49. The summed E-state index contributed by atoms with van der Waals surface area (Å²) in [5.41, 5.74) is 7.15. The average molecular weight is 398 g/mol. The Kier molecular flexibility index (Phi) is 6.51. The van der Waals surface area contributed by atoms with Gasteiger partial charge in [0.25, 0.3) is 0 Å². The average Bonchev–Trinajstić information content (AvgIpc) is 3.08. The summed E-state index contributed by atoms with van der Waals surface area (Å²) in [6.45, 7) is 0.515. The first kappa shape index (κ1) is 20.8. The molecule has 0 saturated heterocycles. The second-order valence-electron chi connectivity index (χ2n) is 5.76. The lowest BCUT2D eigenvalue weighted by Gasteiger charge is -2.09. The molecule has 0 amide bonds. The molecule has 144 valence electrons. The molecule has 0 radical (unpaired) electrons. The molecule has 0 atom stereocenters. The van der Waals surface area contributed by atoms with Crippen molar-refractivity contribution in [1.82, 2.24) is 9.78 Å². The van der Waals surface area contributed by atoms with Gasteiger partial charge in [-0.1, -0.05) is 24.3 Å². The third kappa shape index (κ3) is 4.61. The fourth-order valence-electron chi connectivity index (χ4n) is 2.65. The summed E-state index contributed by atoms with van der Waals surface area (Å²) >= 11 is 0. The van der Waals surface area contributed by atoms with Crippen LogP contribution in [0.15, 0.2) is 54.6 Å². The van der Waals surface area contributed by atoms with Crippen molar-refractivity contribution in [1.29, 1.82) is 0 Å². The maximum Gasteiger partial charge on any atom is 0.435 e. The van der Waals surface area contributed by atoms with Crippen LogP contribution in [0.3, 0.4) is 0 Å². The molecule has 27 heavy (non-hydrogen) atoms. The van der Waals surface area contributed by atoms with Gasteiger partial charge in [-0.3, -0.25) is 0 Å². The molecule has 0 unspecified atom stereocenters. The molecule has 0 saturated carbocycles. The highest BCUT2D eigenvalue weighted by Crippen LogP contribution is 2.33. The first-order valence-electron chi connectivity index (χ1n) is 8.03. The molecule has 8 heteroatoms. The van der Waals surface area contributed by atoms with E-state index in [-0.39, 0.29) is 12.4 Å². The number of rotatable bonds is 5. The Balaban J connectivity index is 0.00000261. The zero-order valence-electron chi connectivity index (χ0n) is 14.5. The van der Waals surface area contributed by atoms with Gasteiger partial charge in [-0.15, -0.1) is 12.4 Å². The van der Waals surface area contributed by atoms with Gasteiger partial charge < -0.3 is 10.5 Å². The first-order chi connectivity index (χ1) is 12.4. The maximum atomic E-state index is 13.2. The molecule has 0 aliphatic heterocycles. The largest absolute Gasteiger partial charge is 0.497 e. The Hall–Kier alpha value is -2.51. The van der Waals surface area contributed by atoms with Crippen molar-refractivity contribution >= 4 is 12.4 Å². The fourth-order valence-corrected chi connectivity index (χ4v) is 2.65. The third-order valence-electron chi connectivity index (χ3n) is 4.00. The highest BCUT2D eigenvalue weighted by Gasteiger charge is 2.35. The number of aromatic nitrogens is 2. The Morgan fingerprint density at radius 3 is 2.19 bits per heavy atom. The summed E-state index contributed by atoms with van der Waals surface area (Å²) in [7, 11) is 1.53. The lowest BCUT2D eigenvalue weighted by atomic mass is 10.1. The van der Waals surface area contributed by atoms with Crippen molar-refractivity contribution in [3.8, 4) is 22.7 Å². The molecule has 0 bridgehead atoms. The van der Waals surface area contributed by atoms with Gasteiger partial charge in [0.2, 0.25) is 0 Å². The van der Waals surface area contributed by atoms with E-state index in [9.17, 15) is 13.2 Å². The van der Waals surface area contributed by atoms with Crippen LogP contribution in [-0.2, 0) is 12.6 Å². The summed E-state index contributed by atoms with van der Waals surface area (Å²) in [6, 6.07) is 15.0. The first-order valence-corrected chi connectivity index (χ1v) is 8.03. The smallest absolute Gasteiger partial charge is 0.435 e. The summed E-state index contributed by atoms with van der Waals surface area (Å²) < 4.78 is 45.9. The lowest BCUT2D eigenvalue weighted by Crippen LogP contribution is -2.07. The van der Waals surface area contributed by atoms with Crippen molar-refractivity contribution in [3.63, 3.8) is 0 Å². The molecule has 0 fully saturated rings. The lowest BCUT2D eigenvalue weighted by molar-refractivity contribution is -0.141. The van der Waals surface area contributed by atoms with Crippen molar-refractivity contribution in [2.45, 2.75) is 12.6 Å². The van der Waals surface area contributed by atoms with Crippen LogP contribution in [-0.4, -0.2) is 23.4 Å². The number of hydrogen-bond donors (Lipinski definition) is 1. The quantitative estimate of drug-likeness (QED) is 0.690. The molecule has 1 heterocycles. The zero-order valence-corrected chi connectivity index (χ0v) is 15.3. The number of nitrogens with zero attached hydrogens (tertiary/aromatic N) is 2. The summed E-state index contributed by atoms with van der Waals surface area (Å²) in [5.74, 6) is 0.615. The van der Waals surface area contributed by atoms with Crippen molar-refractivity contribution in [2.24, 2.45) is 5.73 Å². The molecule has 0 aliphatic rings. The fraction of sp³-hybridized carbons (Fsp3) is 0.211. The molecule has 3 rings (SSSR count). The van der Waals surface area contributed by atoms with Crippen LogP contribution in [0, 0.1) is 0 Å². The van der Waals surface area contributed by atoms with E-state index < -0.39 is 11.9 Å². The maximum absolute atomic E-state index is 13.2. The van der Waals surface area contributed by atoms with Crippen LogP contribution in [0.2, 0.25) is 0 Å². The Morgan fingerprint density at radius 2 is 1.67 bits per heavy atom. The number of methoxy groups -OCH3 is 1. The van der Waals surface area contributed by atoms with E-state index in [1.54, 1.807) is 36.4 Å². The normalized spacial score (nSPS) is 11.1. The number of ether oxygens (including phenoxy) is 1. The molecule has 0 aliphatic carbocycles. The van der Waals surface area contributed by atoms with E-state index in [2.05, 4.69) is 5.10 Å². The Bertz CT molecular complexity index is 875. The van der Waals surface area contributed by atoms with E-state index in [4.69, 9.17) is 10.5 Å². The second kappa shape index (κ2) is 8.45. The molecular formula is C19H19ClF3N3O. The molecule has 0 spiro atoms. The van der Waals surface area contributed by atoms with Crippen molar-refractivity contribution < 1.29 is 17.9 Å².